The van der Waals surface area contributed by atoms with Gasteiger partial charge in [0, 0.05) is 28.5 Å². The first-order valence-electron chi connectivity index (χ1n) is 6.28. The zero-order valence-electron chi connectivity index (χ0n) is 11.4. The highest BCUT2D eigenvalue weighted by atomic mass is 32.2. The summed E-state index contributed by atoms with van der Waals surface area (Å²) in [6, 6.07) is 6.11. The van der Waals surface area contributed by atoms with E-state index in [0.717, 1.165) is 21.4 Å². The molecule has 0 saturated carbocycles. The summed E-state index contributed by atoms with van der Waals surface area (Å²) >= 11 is 1.65. The summed E-state index contributed by atoms with van der Waals surface area (Å²) in [6.45, 7) is -0.485. The van der Waals surface area contributed by atoms with Crippen LogP contribution < -0.4 is 0 Å². The molecule has 6 heteroatoms. The van der Waals surface area contributed by atoms with Gasteiger partial charge < -0.3 is 4.98 Å². The van der Waals surface area contributed by atoms with Gasteiger partial charge in [-0.25, -0.2) is 0 Å². The Balaban J connectivity index is 2.06. The SMILES string of the molecule is CSc1ccc2[nH]cc(CCN(C)CC(F)(F)F)c2c1. The Morgan fingerprint density at radius 2 is 2.05 bits per heavy atom. The highest BCUT2D eigenvalue weighted by molar-refractivity contribution is 7.98. The standard InChI is InChI=1S/C14H17F3N2S/c1-19(9-14(15,16)17)6-5-10-8-18-13-4-3-11(20-2)7-12(10)13/h3-4,7-8,18H,5-6,9H2,1-2H3. The first kappa shape index (κ1) is 15.3. The zero-order chi connectivity index (χ0) is 14.8. The number of rotatable bonds is 5. The monoisotopic (exact) mass is 302 g/mol. The number of fused-ring (bicyclic) bond motifs is 1. The highest BCUT2D eigenvalue weighted by Gasteiger charge is 2.28. The van der Waals surface area contributed by atoms with Gasteiger partial charge in [-0.3, -0.25) is 4.90 Å². The fourth-order valence-electron chi connectivity index (χ4n) is 2.19. The van der Waals surface area contributed by atoms with E-state index in [-0.39, 0.29) is 0 Å². The van der Waals surface area contributed by atoms with Gasteiger partial charge in [-0.1, -0.05) is 0 Å². The number of nitrogens with zero attached hydrogens (tertiary/aromatic N) is 1. The Morgan fingerprint density at radius 3 is 2.70 bits per heavy atom. The fourth-order valence-corrected chi connectivity index (χ4v) is 2.63. The molecular formula is C14H17F3N2S. The van der Waals surface area contributed by atoms with E-state index in [9.17, 15) is 13.2 Å². The molecule has 0 spiro atoms. The molecule has 2 nitrogen and oxygen atoms in total. The van der Waals surface area contributed by atoms with Crippen molar-refractivity contribution < 1.29 is 13.2 Å². The predicted octanol–water partition coefficient (Wildman–Crippen LogP) is 3.93. The van der Waals surface area contributed by atoms with E-state index in [1.165, 1.54) is 11.9 Å². The van der Waals surface area contributed by atoms with Crippen LogP contribution in [0.2, 0.25) is 0 Å². The van der Waals surface area contributed by atoms with Gasteiger partial charge >= 0.3 is 6.18 Å². The summed E-state index contributed by atoms with van der Waals surface area (Å²) < 4.78 is 36.8. The van der Waals surface area contributed by atoms with Crippen molar-refractivity contribution in [2.24, 2.45) is 0 Å². The second-order valence-electron chi connectivity index (χ2n) is 4.83. The van der Waals surface area contributed by atoms with Gasteiger partial charge in [0.05, 0.1) is 6.54 Å². The number of aromatic amines is 1. The van der Waals surface area contributed by atoms with Gasteiger partial charge in [-0.05, 0) is 43.5 Å². The molecule has 0 atom stereocenters. The molecule has 2 rings (SSSR count). The number of thioether (sulfide) groups is 1. The van der Waals surface area contributed by atoms with Crippen molar-refractivity contribution in [1.29, 1.82) is 0 Å². The Morgan fingerprint density at radius 1 is 1.30 bits per heavy atom. The van der Waals surface area contributed by atoms with Crippen LogP contribution in [0, 0.1) is 0 Å². The third-order valence-electron chi connectivity index (χ3n) is 3.19. The highest BCUT2D eigenvalue weighted by Crippen LogP contribution is 2.25. The van der Waals surface area contributed by atoms with Crippen molar-refractivity contribution in [3.05, 3.63) is 30.0 Å². The Labute approximate surface area is 120 Å². The maximum atomic E-state index is 12.3. The molecule has 0 fully saturated rings. The van der Waals surface area contributed by atoms with E-state index in [1.807, 2.05) is 24.6 Å². The Hall–Kier alpha value is -1.14. The fraction of sp³-hybridized carbons (Fsp3) is 0.429. The molecule has 0 saturated heterocycles. The first-order valence-corrected chi connectivity index (χ1v) is 7.51. The number of hydrogen-bond acceptors (Lipinski definition) is 2. The van der Waals surface area contributed by atoms with Crippen LogP contribution in [-0.2, 0) is 6.42 Å². The summed E-state index contributed by atoms with van der Waals surface area (Å²) in [4.78, 5) is 5.62. The van der Waals surface area contributed by atoms with Crippen LogP contribution in [0.1, 0.15) is 5.56 Å². The quantitative estimate of drug-likeness (QED) is 0.844. The molecule has 0 aliphatic heterocycles. The molecule has 110 valence electrons. The van der Waals surface area contributed by atoms with E-state index in [0.29, 0.717) is 13.0 Å². The minimum Gasteiger partial charge on any atom is -0.361 e. The smallest absolute Gasteiger partial charge is 0.361 e. The lowest BCUT2D eigenvalue weighted by Gasteiger charge is -2.18. The summed E-state index contributed by atoms with van der Waals surface area (Å²) in [5.74, 6) is 0. The van der Waals surface area contributed by atoms with Crippen LogP contribution in [0.5, 0.6) is 0 Å². The van der Waals surface area contributed by atoms with Crippen LogP contribution in [0.15, 0.2) is 29.3 Å². The lowest BCUT2D eigenvalue weighted by atomic mass is 10.1. The number of aromatic nitrogens is 1. The minimum atomic E-state index is -4.14. The number of likely N-dealkylation sites (N-methyl/N-ethyl adjacent to an activating group) is 1. The molecule has 0 aliphatic rings. The van der Waals surface area contributed by atoms with Crippen LogP contribution in [0.4, 0.5) is 13.2 Å². The van der Waals surface area contributed by atoms with Crippen molar-refractivity contribution in [2.75, 3.05) is 26.4 Å². The molecular weight excluding hydrogens is 285 g/mol. The van der Waals surface area contributed by atoms with Crippen LogP contribution in [-0.4, -0.2) is 42.5 Å². The number of alkyl halides is 3. The number of halogens is 3. The van der Waals surface area contributed by atoms with Crippen molar-refractivity contribution in [3.8, 4) is 0 Å². The van der Waals surface area contributed by atoms with Gasteiger partial charge in [-0.2, -0.15) is 13.2 Å². The number of benzene rings is 1. The van der Waals surface area contributed by atoms with Crippen molar-refractivity contribution in [2.45, 2.75) is 17.5 Å². The molecule has 20 heavy (non-hydrogen) atoms. The largest absolute Gasteiger partial charge is 0.401 e. The molecule has 0 radical (unpaired) electrons. The number of hydrogen-bond donors (Lipinski definition) is 1. The molecule has 1 aromatic heterocycles. The van der Waals surface area contributed by atoms with Gasteiger partial charge in [0.15, 0.2) is 0 Å². The van der Waals surface area contributed by atoms with Crippen molar-refractivity contribution >= 4 is 22.7 Å². The van der Waals surface area contributed by atoms with E-state index in [4.69, 9.17) is 0 Å². The Bertz CT molecular complexity index is 577. The second-order valence-corrected chi connectivity index (χ2v) is 5.71. The summed E-state index contributed by atoms with van der Waals surface area (Å²) in [7, 11) is 1.50. The molecule has 0 bridgehead atoms. The number of H-pyrrole nitrogens is 1. The molecule has 0 amide bonds. The molecule has 1 N–H and O–H groups in total. The number of nitrogens with one attached hydrogen (secondary N) is 1. The lowest BCUT2D eigenvalue weighted by molar-refractivity contribution is -0.142. The Kier molecular flexibility index (Phi) is 4.65. The first-order chi connectivity index (χ1) is 9.39. The third kappa shape index (κ3) is 3.93. The zero-order valence-corrected chi connectivity index (χ0v) is 12.2. The van der Waals surface area contributed by atoms with Crippen LogP contribution in [0.3, 0.4) is 0 Å². The summed E-state index contributed by atoms with van der Waals surface area (Å²) in [5, 5.41) is 1.09. The average Bonchev–Trinajstić information content (AvgIpc) is 2.76. The molecule has 0 unspecified atom stereocenters. The lowest BCUT2D eigenvalue weighted by Crippen LogP contribution is -2.32. The predicted molar refractivity (Wildman–Crippen MR) is 77.3 cm³/mol. The second kappa shape index (κ2) is 6.10. The summed E-state index contributed by atoms with van der Waals surface area (Å²) in [5.41, 5.74) is 2.08. The molecule has 1 heterocycles. The molecule has 0 aliphatic carbocycles. The summed E-state index contributed by atoms with van der Waals surface area (Å²) in [6.07, 6.45) is 0.353. The minimum absolute atomic E-state index is 0.385. The van der Waals surface area contributed by atoms with E-state index in [2.05, 4.69) is 11.1 Å². The van der Waals surface area contributed by atoms with Gasteiger partial charge in [0.2, 0.25) is 0 Å². The average molecular weight is 302 g/mol. The normalized spacial score (nSPS) is 12.5. The van der Waals surface area contributed by atoms with Crippen LogP contribution in [0.25, 0.3) is 10.9 Å². The van der Waals surface area contributed by atoms with E-state index < -0.39 is 12.7 Å². The maximum Gasteiger partial charge on any atom is 0.401 e. The van der Waals surface area contributed by atoms with Gasteiger partial charge in [0.25, 0.3) is 0 Å². The molecule has 2 aromatic rings. The van der Waals surface area contributed by atoms with Crippen LogP contribution >= 0.6 is 11.8 Å². The third-order valence-corrected chi connectivity index (χ3v) is 3.91. The van der Waals surface area contributed by atoms with Gasteiger partial charge in [0.1, 0.15) is 0 Å². The topological polar surface area (TPSA) is 19.0 Å². The van der Waals surface area contributed by atoms with Crippen molar-refractivity contribution in [3.63, 3.8) is 0 Å². The van der Waals surface area contributed by atoms with Gasteiger partial charge in [-0.15, -0.1) is 11.8 Å². The van der Waals surface area contributed by atoms with E-state index >= 15 is 0 Å². The van der Waals surface area contributed by atoms with Crippen molar-refractivity contribution in [1.82, 2.24) is 9.88 Å². The van der Waals surface area contributed by atoms with E-state index in [1.54, 1.807) is 11.8 Å². The molecule has 1 aromatic carbocycles. The maximum absolute atomic E-state index is 12.3.